The second-order valence-electron chi connectivity index (χ2n) is 6.64. The van der Waals surface area contributed by atoms with Crippen molar-refractivity contribution in [1.82, 2.24) is 4.90 Å². The lowest BCUT2D eigenvalue weighted by Gasteiger charge is -2.33. The maximum Gasteiger partial charge on any atom is 0.319 e. The van der Waals surface area contributed by atoms with Crippen molar-refractivity contribution in [2.45, 2.75) is 25.7 Å². The highest BCUT2D eigenvalue weighted by atomic mass is 16.5. The summed E-state index contributed by atoms with van der Waals surface area (Å²) in [7, 11) is 1.55. The monoisotopic (exact) mass is 346 g/mol. The molecule has 1 aliphatic heterocycles. The van der Waals surface area contributed by atoms with Gasteiger partial charge in [0.1, 0.15) is 11.2 Å². The zero-order chi connectivity index (χ0) is 18.0. The van der Waals surface area contributed by atoms with Crippen LogP contribution in [-0.4, -0.2) is 48.0 Å². The van der Waals surface area contributed by atoms with Gasteiger partial charge in [-0.1, -0.05) is 12.1 Å². The number of carboxylic acids is 1. The van der Waals surface area contributed by atoms with Crippen LogP contribution < -0.4 is 10.1 Å². The Hall–Kier alpha value is -2.57. The SMILES string of the molecule is COc1ccccc1NC(=O)C1CCN(C(=O)C2(C(=O)O)CC2)CC1. The number of methoxy groups -OCH3 is 1. The number of benzene rings is 1. The van der Waals surface area contributed by atoms with Crippen molar-refractivity contribution in [2.75, 3.05) is 25.5 Å². The quantitative estimate of drug-likeness (QED) is 0.792. The normalized spacial score (nSPS) is 19.2. The number of aliphatic carboxylic acids is 1. The number of hydrogen-bond acceptors (Lipinski definition) is 4. The second kappa shape index (κ2) is 6.74. The van der Waals surface area contributed by atoms with Crippen molar-refractivity contribution in [3.8, 4) is 5.75 Å². The molecule has 7 nitrogen and oxygen atoms in total. The van der Waals surface area contributed by atoms with Crippen molar-refractivity contribution < 1.29 is 24.2 Å². The summed E-state index contributed by atoms with van der Waals surface area (Å²) >= 11 is 0. The van der Waals surface area contributed by atoms with Crippen LogP contribution in [0.1, 0.15) is 25.7 Å². The number of anilines is 1. The van der Waals surface area contributed by atoms with Gasteiger partial charge in [0.25, 0.3) is 0 Å². The molecule has 3 rings (SSSR count). The largest absolute Gasteiger partial charge is 0.495 e. The zero-order valence-electron chi connectivity index (χ0n) is 14.2. The molecule has 0 bridgehead atoms. The first-order chi connectivity index (χ1) is 12.0. The minimum atomic E-state index is -1.20. The lowest BCUT2D eigenvalue weighted by Crippen LogP contribution is -2.46. The third kappa shape index (κ3) is 3.31. The Morgan fingerprint density at radius 1 is 1.20 bits per heavy atom. The molecule has 7 heteroatoms. The summed E-state index contributed by atoms with van der Waals surface area (Å²) in [5.41, 5.74) is -0.580. The molecule has 1 aromatic rings. The van der Waals surface area contributed by atoms with E-state index in [0.717, 1.165) is 0 Å². The molecule has 1 aromatic carbocycles. The van der Waals surface area contributed by atoms with Crippen LogP contribution in [0.2, 0.25) is 0 Å². The van der Waals surface area contributed by atoms with Crippen LogP contribution >= 0.6 is 0 Å². The number of piperidine rings is 1. The van der Waals surface area contributed by atoms with E-state index in [-0.39, 0.29) is 17.7 Å². The third-order valence-corrected chi connectivity index (χ3v) is 5.09. The molecule has 0 radical (unpaired) electrons. The lowest BCUT2D eigenvalue weighted by atomic mass is 9.94. The molecule has 1 saturated heterocycles. The smallest absolute Gasteiger partial charge is 0.319 e. The number of likely N-dealkylation sites (tertiary alicyclic amines) is 1. The number of para-hydroxylation sites is 2. The van der Waals surface area contributed by atoms with Gasteiger partial charge in [0.05, 0.1) is 12.8 Å². The van der Waals surface area contributed by atoms with Crippen LogP contribution in [-0.2, 0) is 14.4 Å². The second-order valence-corrected chi connectivity index (χ2v) is 6.64. The molecule has 1 aliphatic carbocycles. The highest BCUT2D eigenvalue weighted by molar-refractivity contribution is 6.05. The van der Waals surface area contributed by atoms with Gasteiger partial charge in [0.15, 0.2) is 0 Å². The number of carbonyl (C=O) groups is 3. The average molecular weight is 346 g/mol. The van der Waals surface area contributed by atoms with Crippen LogP contribution in [0.3, 0.4) is 0 Å². The maximum absolute atomic E-state index is 12.5. The molecule has 1 heterocycles. The molecule has 25 heavy (non-hydrogen) atoms. The van der Waals surface area contributed by atoms with Gasteiger partial charge in [-0.2, -0.15) is 0 Å². The number of carboxylic acid groups (broad SMARTS) is 1. The third-order valence-electron chi connectivity index (χ3n) is 5.09. The summed E-state index contributed by atoms with van der Waals surface area (Å²) in [6, 6.07) is 7.20. The molecule has 2 fully saturated rings. The number of nitrogens with zero attached hydrogens (tertiary/aromatic N) is 1. The van der Waals surface area contributed by atoms with Crippen molar-refractivity contribution in [3.63, 3.8) is 0 Å². The number of nitrogens with one attached hydrogen (secondary N) is 1. The Morgan fingerprint density at radius 2 is 1.84 bits per heavy atom. The Labute approximate surface area is 146 Å². The molecule has 134 valence electrons. The average Bonchev–Trinajstić information content (AvgIpc) is 3.44. The van der Waals surface area contributed by atoms with Gasteiger partial charge >= 0.3 is 5.97 Å². The fourth-order valence-electron chi connectivity index (χ4n) is 3.27. The van der Waals surface area contributed by atoms with Crippen LogP contribution in [0, 0.1) is 11.3 Å². The molecule has 2 aliphatic rings. The van der Waals surface area contributed by atoms with E-state index < -0.39 is 11.4 Å². The highest BCUT2D eigenvalue weighted by Gasteiger charge is 2.58. The Balaban J connectivity index is 1.56. The molecule has 0 spiro atoms. The molecule has 0 unspecified atom stereocenters. The Bertz CT molecular complexity index is 690. The van der Waals surface area contributed by atoms with Crippen LogP contribution in [0.5, 0.6) is 5.75 Å². The van der Waals surface area contributed by atoms with E-state index in [9.17, 15) is 19.5 Å². The number of rotatable bonds is 5. The summed E-state index contributed by atoms with van der Waals surface area (Å²) in [6.07, 6.45) is 1.88. The summed E-state index contributed by atoms with van der Waals surface area (Å²) in [6.45, 7) is 0.829. The fourth-order valence-corrected chi connectivity index (χ4v) is 3.27. The zero-order valence-corrected chi connectivity index (χ0v) is 14.2. The molecule has 2 N–H and O–H groups in total. The molecule has 0 atom stereocenters. The van der Waals surface area contributed by atoms with E-state index >= 15 is 0 Å². The number of hydrogen-bond donors (Lipinski definition) is 2. The van der Waals surface area contributed by atoms with Gasteiger partial charge in [-0.15, -0.1) is 0 Å². The van der Waals surface area contributed by atoms with E-state index in [0.29, 0.717) is 50.2 Å². The van der Waals surface area contributed by atoms with Gasteiger partial charge in [-0.05, 0) is 37.8 Å². The fraction of sp³-hybridized carbons (Fsp3) is 0.500. The van der Waals surface area contributed by atoms with Gasteiger partial charge in [0, 0.05) is 19.0 Å². The maximum atomic E-state index is 12.5. The molecule has 2 amide bonds. The van der Waals surface area contributed by atoms with Crippen molar-refractivity contribution in [2.24, 2.45) is 11.3 Å². The molecular weight excluding hydrogens is 324 g/mol. The van der Waals surface area contributed by atoms with Crippen molar-refractivity contribution >= 4 is 23.5 Å². The van der Waals surface area contributed by atoms with Gasteiger partial charge in [-0.3, -0.25) is 14.4 Å². The number of ether oxygens (including phenoxy) is 1. The lowest BCUT2D eigenvalue weighted by molar-refractivity contribution is -0.154. The first-order valence-electron chi connectivity index (χ1n) is 8.44. The van der Waals surface area contributed by atoms with E-state index in [4.69, 9.17) is 4.74 Å². The Kier molecular flexibility index (Phi) is 4.65. The van der Waals surface area contributed by atoms with Gasteiger partial charge in [-0.25, -0.2) is 0 Å². The minimum absolute atomic E-state index is 0.101. The first-order valence-corrected chi connectivity index (χ1v) is 8.44. The van der Waals surface area contributed by atoms with E-state index in [1.165, 1.54) is 0 Å². The topological polar surface area (TPSA) is 95.9 Å². The summed E-state index contributed by atoms with van der Waals surface area (Å²) < 4.78 is 5.23. The van der Waals surface area contributed by atoms with Crippen LogP contribution in [0.15, 0.2) is 24.3 Å². The van der Waals surface area contributed by atoms with Gasteiger partial charge in [0.2, 0.25) is 11.8 Å². The molecular formula is C18H22N2O5. The van der Waals surface area contributed by atoms with Gasteiger partial charge < -0.3 is 20.1 Å². The van der Waals surface area contributed by atoms with Crippen molar-refractivity contribution in [1.29, 1.82) is 0 Å². The van der Waals surface area contributed by atoms with E-state index in [2.05, 4.69) is 5.32 Å². The molecule has 1 saturated carbocycles. The Morgan fingerprint density at radius 3 is 2.40 bits per heavy atom. The highest BCUT2D eigenvalue weighted by Crippen LogP contribution is 2.48. The minimum Gasteiger partial charge on any atom is -0.495 e. The van der Waals surface area contributed by atoms with Crippen molar-refractivity contribution in [3.05, 3.63) is 24.3 Å². The molecule has 0 aromatic heterocycles. The van der Waals surface area contributed by atoms with Crippen LogP contribution in [0.4, 0.5) is 5.69 Å². The predicted molar refractivity (Wildman–Crippen MR) is 90.2 cm³/mol. The summed E-state index contributed by atoms with van der Waals surface area (Å²) in [5.74, 6) is -1.04. The van der Waals surface area contributed by atoms with Crippen LogP contribution in [0.25, 0.3) is 0 Å². The predicted octanol–water partition coefficient (Wildman–Crippen LogP) is 1.74. The number of amides is 2. The number of carbonyl (C=O) groups excluding carboxylic acids is 2. The first kappa shape index (κ1) is 17.3. The summed E-state index contributed by atoms with van der Waals surface area (Å²) in [4.78, 5) is 37.7. The van der Waals surface area contributed by atoms with E-state index in [1.54, 1.807) is 24.1 Å². The standard InChI is InChI=1S/C18H22N2O5/c1-25-14-5-3-2-4-13(14)19-15(21)12-6-10-20(11-7-12)16(22)18(8-9-18)17(23)24/h2-5,12H,6-11H2,1H3,(H,19,21)(H,23,24). The summed E-state index contributed by atoms with van der Waals surface area (Å²) in [5, 5.41) is 12.1. The van der Waals surface area contributed by atoms with E-state index in [1.807, 2.05) is 12.1 Å².